The molecule has 2 rings (SSSR count). The lowest BCUT2D eigenvalue weighted by Gasteiger charge is -2.22. The van der Waals surface area contributed by atoms with Crippen molar-refractivity contribution in [2.24, 2.45) is 5.92 Å². The zero-order valence-electron chi connectivity index (χ0n) is 10.6. The van der Waals surface area contributed by atoms with Crippen LogP contribution in [0.5, 0.6) is 0 Å². The Morgan fingerprint density at radius 1 is 1.44 bits per heavy atom. The number of aryl methyl sites for hydroxylation is 2. The Kier molecular flexibility index (Phi) is 3.38. The summed E-state index contributed by atoms with van der Waals surface area (Å²) < 4.78 is 0. The second-order valence-corrected chi connectivity index (χ2v) is 5.82. The first-order valence-electron chi connectivity index (χ1n) is 5.89. The molecule has 1 aromatic rings. The van der Waals surface area contributed by atoms with Gasteiger partial charge in [-0.2, -0.15) is 0 Å². The van der Waals surface area contributed by atoms with Gasteiger partial charge in [0.2, 0.25) is 0 Å². The number of rotatable bonds is 2. The number of carboxylic acids is 1. The summed E-state index contributed by atoms with van der Waals surface area (Å²) in [5.74, 6) is -1.37. The number of carboxylic acid groups (broad SMARTS) is 1. The van der Waals surface area contributed by atoms with E-state index in [2.05, 4.69) is 4.98 Å². The smallest absolute Gasteiger partial charge is 0.308 e. The van der Waals surface area contributed by atoms with Gasteiger partial charge in [0, 0.05) is 12.6 Å². The van der Waals surface area contributed by atoms with E-state index in [4.69, 9.17) is 5.11 Å². The molecule has 0 radical (unpaired) electrons. The third-order valence-corrected chi connectivity index (χ3v) is 4.49. The van der Waals surface area contributed by atoms with Gasteiger partial charge in [0.25, 0.3) is 5.91 Å². The first kappa shape index (κ1) is 13.0. The number of nitrogens with zero attached hydrogens (tertiary/aromatic N) is 2. The Bertz CT molecular complexity index is 498. The first-order chi connectivity index (χ1) is 8.41. The van der Waals surface area contributed by atoms with Crippen molar-refractivity contribution in [1.29, 1.82) is 0 Å². The first-order valence-corrected chi connectivity index (χ1v) is 6.71. The van der Waals surface area contributed by atoms with Gasteiger partial charge in [-0.3, -0.25) is 9.59 Å². The van der Waals surface area contributed by atoms with Crippen molar-refractivity contribution >= 4 is 23.2 Å². The molecule has 1 N–H and O–H groups in total. The average molecular weight is 268 g/mol. The van der Waals surface area contributed by atoms with Crippen LogP contribution in [0.25, 0.3) is 0 Å². The van der Waals surface area contributed by atoms with E-state index in [0.717, 1.165) is 10.7 Å². The molecule has 0 bridgehead atoms. The summed E-state index contributed by atoms with van der Waals surface area (Å²) in [6.07, 6.45) is 0.527. The number of thiazole rings is 1. The Hall–Kier alpha value is -1.43. The Labute approximate surface area is 109 Å². The van der Waals surface area contributed by atoms with Gasteiger partial charge < -0.3 is 10.0 Å². The van der Waals surface area contributed by atoms with E-state index in [1.54, 1.807) is 11.8 Å². The van der Waals surface area contributed by atoms with Gasteiger partial charge in [-0.1, -0.05) is 0 Å². The van der Waals surface area contributed by atoms with Crippen molar-refractivity contribution in [2.75, 3.05) is 6.54 Å². The fourth-order valence-electron chi connectivity index (χ4n) is 2.42. The summed E-state index contributed by atoms with van der Waals surface area (Å²) in [6, 6.07) is -0.253. The Morgan fingerprint density at radius 3 is 2.56 bits per heavy atom. The normalized spacial score (nSPS) is 23.4. The lowest BCUT2D eigenvalue weighted by atomic mass is 10.0. The third-order valence-electron chi connectivity index (χ3n) is 3.43. The van der Waals surface area contributed by atoms with Crippen molar-refractivity contribution in [2.45, 2.75) is 33.2 Å². The Morgan fingerprint density at radius 2 is 2.11 bits per heavy atom. The molecule has 6 heteroatoms. The van der Waals surface area contributed by atoms with Crippen molar-refractivity contribution in [1.82, 2.24) is 9.88 Å². The van der Waals surface area contributed by atoms with Crippen LogP contribution in [0.4, 0.5) is 0 Å². The second kappa shape index (κ2) is 4.68. The standard InChI is InChI=1S/C12H16N2O3S/c1-6-10(18-8(3)13-6)11(15)14-5-4-9(7(14)2)12(16)17/h7,9H,4-5H2,1-3H3,(H,16,17). The quantitative estimate of drug-likeness (QED) is 0.886. The summed E-state index contributed by atoms with van der Waals surface area (Å²) in [5.41, 5.74) is 0.730. The summed E-state index contributed by atoms with van der Waals surface area (Å²) in [4.78, 5) is 29.9. The minimum Gasteiger partial charge on any atom is -0.481 e. The van der Waals surface area contributed by atoms with Gasteiger partial charge in [0.1, 0.15) is 4.88 Å². The van der Waals surface area contributed by atoms with Crippen molar-refractivity contribution in [3.63, 3.8) is 0 Å². The fraction of sp³-hybridized carbons (Fsp3) is 0.583. The maximum absolute atomic E-state index is 12.4. The van der Waals surface area contributed by atoms with E-state index < -0.39 is 11.9 Å². The van der Waals surface area contributed by atoms with Crippen LogP contribution in [-0.2, 0) is 4.79 Å². The molecular formula is C12H16N2O3S. The van der Waals surface area contributed by atoms with E-state index >= 15 is 0 Å². The molecule has 2 unspecified atom stereocenters. The molecule has 1 aliphatic rings. The molecule has 0 spiro atoms. The molecule has 2 heterocycles. The molecule has 1 aliphatic heterocycles. The number of carbonyl (C=O) groups excluding carboxylic acids is 1. The van der Waals surface area contributed by atoms with Gasteiger partial charge in [-0.25, -0.2) is 4.98 Å². The number of aliphatic carboxylic acids is 1. The number of hydrogen-bond acceptors (Lipinski definition) is 4. The number of amides is 1. The highest BCUT2D eigenvalue weighted by atomic mass is 32.1. The van der Waals surface area contributed by atoms with E-state index in [-0.39, 0.29) is 11.9 Å². The average Bonchev–Trinajstić information content (AvgIpc) is 2.81. The number of carbonyl (C=O) groups is 2. The summed E-state index contributed by atoms with van der Waals surface area (Å²) in [6.45, 7) is 5.98. The Balaban J connectivity index is 2.21. The molecule has 18 heavy (non-hydrogen) atoms. The predicted molar refractivity (Wildman–Crippen MR) is 67.8 cm³/mol. The van der Waals surface area contributed by atoms with Crippen LogP contribution in [0.1, 0.15) is 33.7 Å². The maximum Gasteiger partial charge on any atom is 0.308 e. The topological polar surface area (TPSA) is 70.5 Å². The van der Waals surface area contributed by atoms with Crippen LogP contribution in [0, 0.1) is 19.8 Å². The summed E-state index contributed by atoms with van der Waals surface area (Å²) >= 11 is 1.37. The molecule has 1 amide bonds. The van der Waals surface area contributed by atoms with E-state index in [1.807, 2.05) is 13.8 Å². The summed E-state index contributed by atoms with van der Waals surface area (Å²) in [7, 11) is 0. The maximum atomic E-state index is 12.4. The highest BCUT2D eigenvalue weighted by Crippen LogP contribution is 2.28. The molecule has 1 saturated heterocycles. The van der Waals surface area contributed by atoms with Gasteiger partial charge in [0.05, 0.1) is 16.6 Å². The molecule has 98 valence electrons. The molecule has 0 aliphatic carbocycles. The highest BCUT2D eigenvalue weighted by molar-refractivity contribution is 7.13. The molecule has 1 aromatic heterocycles. The van der Waals surface area contributed by atoms with E-state index in [1.165, 1.54) is 11.3 Å². The largest absolute Gasteiger partial charge is 0.481 e. The van der Waals surface area contributed by atoms with Crippen LogP contribution >= 0.6 is 11.3 Å². The van der Waals surface area contributed by atoms with Gasteiger partial charge in [-0.15, -0.1) is 11.3 Å². The zero-order chi connectivity index (χ0) is 13.4. The SMILES string of the molecule is Cc1nc(C)c(C(=O)N2CCC(C(=O)O)C2C)s1. The zero-order valence-corrected chi connectivity index (χ0v) is 11.5. The minimum absolute atomic E-state index is 0.0886. The van der Waals surface area contributed by atoms with Crippen LogP contribution in [0.15, 0.2) is 0 Å². The lowest BCUT2D eigenvalue weighted by molar-refractivity contribution is -0.142. The van der Waals surface area contributed by atoms with Crippen molar-refractivity contribution in [3.05, 3.63) is 15.6 Å². The molecule has 0 aromatic carbocycles. The fourth-order valence-corrected chi connectivity index (χ4v) is 3.29. The van der Waals surface area contributed by atoms with Gasteiger partial charge in [0.15, 0.2) is 0 Å². The lowest BCUT2D eigenvalue weighted by Crippen LogP contribution is -2.37. The molecule has 5 nitrogen and oxygen atoms in total. The predicted octanol–water partition coefficient (Wildman–Crippen LogP) is 1.70. The van der Waals surface area contributed by atoms with Gasteiger partial charge in [-0.05, 0) is 27.2 Å². The monoisotopic (exact) mass is 268 g/mol. The molecular weight excluding hydrogens is 252 g/mol. The number of aromatic nitrogens is 1. The summed E-state index contributed by atoms with van der Waals surface area (Å²) in [5, 5.41) is 9.92. The van der Waals surface area contributed by atoms with E-state index in [0.29, 0.717) is 17.8 Å². The van der Waals surface area contributed by atoms with Crippen LogP contribution in [0.2, 0.25) is 0 Å². The molecule has 2 atom stereocenters. The van der Waals surface area contributed by atoms with E-state index in [9.17, 15) is 9.59 Å². The van der Waals surface area contributed by atoms with Gasteiger partial charge >= 0.3 is 5.97 Å². The minimum atomic E-state index is -0.824. The number of likely N-dealkylation sites (tertiary alicyclic amines) is 1. The van der Waals surface area contributed by atoms with Crippen molar-refractivity contribution in [3.8, 4) is 0 Å². The second-order valence-electron chi connectivity index (χ2n) is 4.62. The van der Waals surface area contributed by atoms with Crippen molar-refractivity contribution < 1.29 is 14.7 Å². The number of hydrogen-bond donors (Lipinski definition) is 1. The highest BCUT2D eigenvalue weighted by Gasteiger charge is 2.39. The third kappa shape index (κ3) is 2.12. The van der Waals surface area contributed by atoms with Crippen LogP contribution in [0.3, 0.4) is 0 Å². The molecule has 0 saturated carbocycles. The van der Waals surface area contributed by atoms with Crippen LogP contribution < -0.4 is 0 Å². The van der Waals surface area contributed by atoms with Crippen LogP contribution in [-0.4, -0.2) is 39.5 Å². The molecule has 1 fully saturated rings.